The zero-order chi connectivity index (χ0) is 22.2. The highest BCUT2D eigenvalue weighted by molar-refractivity contribution is 9.10. The van der Waals surface area contributed by atoms with E-state index in [1.165, 1.54) is 0 Å². The van der Waals surface area contributed by atoms with Gasteiger partial charge < -0.3 is 14.6 Å². The summed E-state index contributed by atoms with van der Waals surface area (Å²) in [6.07, 6.45) is 7.24. The number of aliphatic hydroxyl groups excluding tert-OH is 1. The van der Waals surface area contributed by atoms with Crippen molar-refractivity contribution in [1.82, 2.24) is 9.47 Å². The number of ketones is 1. The topological polar surface area (TPSA) is 45.5 Å². The molecule has 1 unspecified atom stereocenters. The van der Waals surface area contributed by atoms with Gasteiger partial charge in [0.1, 0.15) is 0 Å². The van der Waals surface area contributed by atoms with Crippen molar-refractivity contribution in [2.75, 3.05) is 19.6 Å². The first-order valence-electron chi connectivity index (χ1n) is 11.0. The Balaban J connectivity index is 1.78. The van der Waals surface area contributed by atoms with Gasteiger partial charge in [0.25, 0.3) is 0 Å². The molecule has 0 radical (unpaired) electrons. The number of para-hydroxylation sites is 1. The van der Waals surface area contributed by atoms with Gasteiger partial charge in [-0.05, 0) is 68.4 Å². The Morgan fingerprint density at radius 2 is 1.77 bits per heavy atom. The molecule has 0 aliphatic rings. The molecule has 0 saturated heterocycles. The molecule has 31 heavy (non-hydrogen) atoms. The van der Waals surface area contributed by atoms with Crippen LogP contribution in [0.15, 0.2) is 65.3 Å². The van der Waals surface area contributed by atoms with Crippen LogP contribution in [0, 0.1) is 0 Å². The SMILES string of the molecule is CCCN(CCC)CC(O)Cn1cc(/C=C/C(=O)c2ccc(Br)cc2)c2ccccc21. The average molecular weight is 483 g/mol. The Morgan fingerprint density at radius 1 is 1.10 bits per heavy atom. The van der Waals surface area contributed by atoms with Crippen LogP contribution in [0.25, 0.3) is 17.0 Å². The number of carbonyl (C=O) groups excluding carboxylic acids is 1. The summed E-state index contributed by atoms with van der Waals surface area (Å²) in [6, 6.07) is 15.5. The Labute approximate surface area is 193 Å². The van der Waals surface area contributed by atoms with Crippen LogP contribution in [0.5, 0.6) is 0 Å². The smallest absolute Gasteiger partial charge is 0.185 e. The number of aromatic nitrogens is 1. The highest BCUT2D eigenvalue weighted by Crippen LogP contribution is 2.23. The second-order valence-corrected chi connectivity index (χ2v) is 8.83. The minimum absolute atomic E-state index is 0.0286. The normalized spacial score (nSPS) is 12.8. The number of rotatable bonds is 11. The fourth-order valence-corrected chi connectivity index (χ4v) is 4.21. The van der Waals surface area contributed by atoms with Crippen molar-refractivity contribution in [3.8, 4) is 0 Å². The van der Waals surface area contributed by atoms with Gasteiger partial charge in [-0.25, -0.2) is 0 Å². The Bertz CT molecular complexity index is 1020. The van der Waals surface area contributed by atoms with E-state index in [9.17, 15) is 9.90 Å². The van der Waals surface area contributed by atoms with Crippen LogP contribution in [0.4, 0.5) is 0 Å². The number of fused-ring (bicyclic) bond motifs is 1. The molecular weight excluding hydrogens is 452 g/mol. The molecule has 0 saturated carbocycles. The van der Waals surface area contributed by atoms with E-state index < -0.39 is 6.10 Å². The predicted molar refractivity (Wildman–Crippen MR) is 132 cm³/mol. The third kappa shape index (κ3) is 6.39. The van der Waals surface area contributed by atoms with E-state index in [1.807, 2.05) is 48.7 Å². The number of carbonyl (C=O) groups is 1. The molecule has 1 atom stereocenters. The molecule has 3 aromatic rings. The van der Waals surface area contributed by atoms with Crippen LogP contribution in [0.3, 0.4) is 0 Å². The van der Waals surface area contributed by atoms with Crippen molar-refractivity contribution < 1.29 is 9.90 Å². The number of nitrogens with zero attached hydrogens (tertiary/aromatic N) is 2. The predicted octanol–water partition coefficient (Wildman–Crippen LogP) is 5.78. The third-order valence-corrected chi connectivity index (χ3v) is 5.85. The lowest BCUT2D eigenvalue weighted by atomic mass is 10.1. The molecule has 4 nitrogen and oxygen atoms in total. The second-order valence-electron chi connectivity index (χ2n) is 7.91. The van der Waals surface area contributed by atoms with Gasteiger partial charge in [0, 0.05) is 45.8 Å². The molecule has 0 amide bonds. The quantitative estimate of drug-likeness (QED) is 0.278. The molecule has 5 heteroatoms. The molecule has 164 valence electrons. The molecule has 0 spiro atoms. The maximum Gasteiger partial charge on any atom is 0.185 e. The number of halogens is 1. The van der Waals surface area contributed by atoms with Crippen molar-refractivity contribution in [2.24, 2.45) is 0 Å². The van der Waals surface area contributed by atoms with Crippen molar-refractivity contribution in [3.63, 3.8) is 0 Å². The summed E-state index contributed by atoms with van der Waals surface area (Å²) in [5.41, 5.74) is 2.70. The van der Waals surface area contributed by atoms with Crippen molar-refractivity contribution in [1.29, 1.82) is 0 Å². The summed E-state index contributed by atoms with van der Waals surface area (Å²) >= 11 is 3.40. The van der Waals surface area contributed by atoms with Crippen molar-refractivity contribution in [3.05, 3.63) is 76.4 Å². The Morgan fingerprint density at radius 3 is 2.45 bits per heavy atom. The molecule has 0 aliphatic carbocycles. The van der Waals surface area contributed by atoms with Crippen LogP contribution in [0.2, 0.25) is 0 Å². The summed E-state index contributed by atoms with van der Waals surface area (Å²) < 4.78 is 3.05. The highest BCUT2D eigenvalue weighted by atomic mass is 79.9. The van der Waals surface area contributed by atoms with Crippen LogP contribution in [0.1, 0.15) is 42.6 Å². The molecule has 3 rings (SSSR count). The fraction of sp³-hybridized carbons (Fsp3) is 0.346. The highest BCUT2D eigenvalue weighted by Gasteiger charge is 2.14. The minimum atomic E-state index is -0.449. The standard InChI is InChI=1S/C26H31BrN2O2/c1-3-15-28(16-4-2)18-23(30)19-29-17-21(24-7-5-6-8-25(24)29)11-14-26(31)20-9-12-22(27)13-10-20/h5-14,17,23,30H,3-4,15-16,18-19H2,1-2H3/b14-11+. The minimum Gasteiger partial charge on any atom is -0.390 e. The lowest BCUT2D eigenvalue weighted by Crippen LogP contribution is -2.35. The van der Waals surface area contributed by atoms with Gasteiger partial charge >= 0.3 is 0 Å². The molecule has 0 bridgehead atoms. The van der Waals surface area contributed by atoms with E-state index >= 15 is 0 Å². The van der Waals surface area contributed by atoms with Crippen LogP contribution < -0.4 is 0 Å². The van der Waals surface area contributed by atoms with E-state index in [2.05, 4.69) is 51.4 Å². The molecular formula is C26H31BrN2O2. The third-order valence-electron chi connectivity index (χ3n) is 5.32. The molecule has 0 aliphatic heterocycles. The fourth-order valence-electron chi connectivity index (χ4n) is 3.94. The number of aliphatic hydroxyl groups is 1. The van der Waals surface area contributed by atoms with E-state index in [0.29, 0.717) is 18.7 Å². The zero-order valence-electron chi connectivity index (χ0n) is 18.3. The lowest BCUT2D eigenvalue weighted by molar-refractivity contribution is 0.0988. The number of allylic oxidation sites excluding steroid dienone is 1. The number of benzene rings is 2. The van der Waals surface area contributed by atoms with Gasteiger partial charge in [0.05, 0.1) is 6.10 Å². The first-order chi connectivity index (χ1) is 15.0. The number of hydrogen-bond donors (Lipinski definition) is 1. The van der Waals surface area contributed by atoms with Gasteiger partial charge in [-0.1, -0.05) is 48.0 Å². The largest absolute Gasteiger partial charge is 0.390 e. The van der Waals surface area contributed by atoms with Gasteiger partial charge in [0.2, 0.25) is 0 Å². The summed E-state index contributed by atoms with van der Waals surface area (Å²) in [5, 5.41) is 11.8. The van der Waals surface area contributed by atoms with E-state index in [0.717, 1.165) is 46.9 Å². The second kappa shape index (κ2) is 11.4. The maximum absolute atomic E-state index is 12.5. The van der Waals surface area contributed by atoms with E-state index in [4.69, 9.17) is 0 Å². The first kappa shape index (κ1) is 23.5. The molecule has 0 fully saturated rings. The Kier molecular flexibility index (Phi) is 8.64. The van der Waals surface area contributed by atoms with Gasteiger partial charge in [-0.3, -0.25) is 4.79 Å². The van der Waals surface area contributed by atoms with Gasteiger partial charge in [-0.15, -0.1) is 0 Å². The van der Waals surface area contributed by atoms with Crippen molar-refractivity contribution in [2.45, 2.75) is 39.3 Å². The van der Waals surface area contributed by atoms with Crippen LogP contribution in [-0.2, 0) is 6.54 Å². The molecule has 1 N–H and O–H groups in total. The monoisotopic (exact) mass is 482 g/mol. The molecule has 1 aromatic heterocycles. The van der Waals surface area contributed by atoms with Crippen LogP contribution in [-0.4, -0.2) is 46.1 Å². The van der Waals surface area contributed by atoms with E-state index in [-0.39, 0.29) is 5.78 Å². The Hall–Kier alpha value is -2.21. The summed E-state index contributed by atoms with van der Waals surface area (Å²) in [5.74, 6) is -0.0286. The maximum atomic E-state index is 12.5. The van der Waals surface area contributed by atoms with Gasteiger partial charge in [-0.2, -0.15) is 0 Å². The zero-order valence-corrected chi connectivity index (χ0v) is 19.9. The molecule has 2 aromatic carbocycles. The summed E-state index contributed by atoms with van der Waals surface area (Å²) in [4.78, 5) is 14.9. The number of hydrogen-bond acceptors (Lipinski definition) is 3. The van der Waals surface area contributed by atoms with Crippen molar-refractivity contribution >= 4 is 38.7 Å². The average Bonchev–Trinajstić information content (AvgIpc) is 3.10. The summed E-state index contributed by atoms with van der Waals surface area (Å²) in [7, 11) is 0. The van der Waals surface area contributed by atoms with Gasteiger partial charge in [0.15, 0.2) is 5.78 Å². The summed E-state index contributed by atoms with van der Waals surface area (Å²) in [6.45, 7) is 7.54. The van der Waals surface area contributed by atoms with Crippen LogP contribution >= 0.6 is 15.9 Å². The molecule has 1 heterocycles. The van der Waals surface area contributed by atoms with E-state index in [1.54, 1.807) is 6.08 Å². The first-order valence-corrected chi connectivity index (χ1v) is 11.8. The lowest BCUT2D eigenvalue weighted by Gasteiger charge is -2.24.